The second kappa shape index (κ2) is 16.2. The van der Waals surface area contributed by atoms with Crippen LogP contribution >= 0.6 is 0 Å². The van der Waals surface area contributed by atoms with Crippen molar-refractivity contribution >= 4 is 23.6 Å². The molecule has 3 rings (SSSR count). The first-order valence-corrected chi connectivity index (χ1v) is 18.7. The van der Waals surface area contributed by atoms with Crippen molar-refractivity contribution in [2.75, 3.05) is 13.1 Å². The Morgan fingerprint density at radius 2 is 1.56 bits per heavy atom. The van der Waals surface area contributed by atoms with E-state index in [-0.39, 0.29) is 46.2 Å². The van der Waals surface area contributed by atoms with Crippen molar-refractivity contribution in [2.45, 2.75) is 157 Å². The van der Waals surface area contributed by atoms with E-state index in [9.17, 15) is 19.2 Å². The average Bonchev–Trinajstić information content (AvgIpc) is 3.33. The van der Waals surface area contributed by atoms with Gasteiger partial charge in [-0.15, -0.1) is 0 Å². The van der Waals surface area contributed by atoms with Crippen molar-refractivity contribution < 1.29 is 19.2 Å². The van der Waals surface area contributed by atoms with Crippen LogP contribution in [0.3, 0.4) is 0 Å². The number of hydrogen-bond donors (Lipinski definition) is 4. The van der Waals surface area contributed by atoms with E-state index in [0.29, 0.717) is 25.4 Å². The molecule has 0 aromatic carbocycles. The third kappa shape index (κ3) is 9.23. The first-order chi connectivity index (χ1) is 22.4. The Morgan fingerprint density at radius 3 is 2.12 bits per heavy atom. The van der Waals surface area contributed by atoms with Gasteiger partial charge in [0, 0.05) is 24.8 Å². The molecule has 9 heteroatoms. The zero-order valence-electron chi connectivity index (χ0n) is 31.7. The van der Waals surface area contributed by atoms with E-state index in [4.69, 9.17) is 0 Å². The summed E-state index contributed by atoms with van der Waals surface area (Å²) in [7, 11) is 0. The number of likely N-dealkylation sites (N-methyl/N-ethyl adjacent to an activating group) is 1. The van der Waals surface area contributed by atoms with E-state index in [0.717, 1.165) is 63.5 Å². The molecule has 6 atom stereocenters. The van der Waals surface area contributed by atoms with Crippen LogP contribution in [0.5, 0.6) is 0 Å². The number of amides is 4. The van der Waals surface area contributed by atoms with Gasteiger partial charge in [-0.25, -0.2) is 4.79 Å². The predicted octanol–water partition coefficient (Wildman–Crippen LogP) is 6.64. The van der Waals surface area contributed by atoms with Crippen LogP contribution < -0.4 is 21.3 Å². The smallest absolute Gasteiger partial charge is 0.315 e. The molecule has 48 heavy (non-hydrogen) atoms. The Balaban J connectivity index is 1.89. The fourth-order valence-electron chi connectivity index (χ4n) is 8.27. The predicted molar refractivity (Wildman–Crippen MR) is 194 cm³/mol. The second-order valence-electron chi connectivity index (χ2n) is 16.8. The summed E-state index contributed by atoms with van der Waals surface area (Å²) in [6, 6.07) is -2.05. The molecule has 4 unspecified atom stereocenters. The van der Waals surface area contributed by atoms with E-state index in [1.807, 2.05) is 6.92 Å². The van der Waals surface area contributed by atoms with Crippen molar-refractivity contribution in [1.29, 1.82) is 0 Å². The number of likely N-dealkylation sites (tertiary alicyclic amines) is 1. The molecule has 1 saturated heterocycles. The van der Waals surface area contributed by atoms with E-state index >= 15 is 0 Å². The Morgan fingerprint density at radius 1 is 0.917 bits per heavy atom. The molecule has 4 amide bonds. The normalized spacial score (nSPS) is 24.4. The topological polar surface area (TPSA) is 120 Å². The third-order valence-electron chi connectivity index (χ3n) is 11.8. The van der Waals surface area contributed by atoms with Crippen molar-refractivity contribution in [3.05, 3.63) is 24.4 Å². The number of piperidine rings is 1. The quantitative estimate of drug-likeness (QED) is 0.102. The summed E-state index contributed by atoms with van der Waals surface area (Å²) < 4.78 is 0. The highest BCUT2D eigenvalue weighted by Gasteiger charge is 2.69. The maximum absolute atomic E-state index is 14.3. The van der Waals surface area contributed by atoms with Crippen LogP contribution in [-0.2, 0) is 14.4 Å². The summed E-state index contributed by atoms with van der Waals surface area (Å²) in [5.74, 6) is -1.12. The number of fused-ring (bicyclic) bond motifs is 1. The molecule has 9 nitrogen and oxygen atoms in total. The lowest BCUT2D eigenvalue weighted by Gasteiger charge is -2.46. The Labute approximate surface area is 291 Å². The fourth-order valence-corrected chi connectivity index (χ4v) is 8.27. The minimum Gasteiger partial charge on any atom is -0.361 e. The number of nitrogens with one attached hydrogen (secondary N) is 4. The zero-order chi connectivity index (χ0) is 36.0. The fraction of sp³-hybridized carbons (Fsp3) is 0.795. The second-order valence-corrected chi connectivity index (χ2v) is 16.8. The first kappa shape index (κ1) is 39.6. The number of urea groups is 1. The van der Waals surface area contributed by atoms with E-state index in [1.165, 1.54) is 12.0 Å². The van der Waals surface area contributed by atoms with E-state index in [2.05, 4.69) is 87.8 Å². The summed E-state index contributed by atoms with van der Waals surface area (Å²) in [5.41, 5.74) is 1.54. The maximum Gasteiger partial charge on any atom is 0.315 e. The lowest BCUT2D eigenvalue weighted by atomic mass is 9.69. The number of nitrogens with zero attached hydrogens (tertiary/aromatic N) is 1. The number of allylic oxidation sites excluding steroid dienone is 1. The van der Waals surface area contributed by atoms with Crippen LogP contribution in [0, 0.1) is 28.1 Å². The van der Waals surface area contributed by atoms with Gasteiger partial charge in [-0.3, -0.25) is 14.4 Å². The van der Waals surface area contributed by atoms with Crippen molar-refractivity contribution in [1.82, 2.24) is 26.2 Å². The van der Waals surface area contributed by atoms with Gasteiger partial charge < -0.3 is 26.2 Å². The number of carbonyl (C=O) groups is 4. The minimum absolute atomic E-state index is 0.0290. The molecule has 3 fully saturated rings. The number of hydrogen-bond acceptors (Lipinski definition) is 5. The molecule has 0 spiro atoms. The SMILES string of the molecule is C=C(CC)CCC(NC(=O)NC(C(=C)N1C[C@H]2[C@@H](C1C(=O)NC(CCCC)C(=O)C(=O)NCC)C2(C)C)C1(C)CCCCC1)C(C)(C)C. The molecule has 272 valence electrons. The van der Waals surface area contributed by atoms with Gasteiger partial charge in [-0.05, 0) is 73.5 Å². The molecule has 1 heterocycles. The van der Waals surface area contributed by atoms with Crippen LogP contribution in [0.4, 0.5) is 4.79 Å². The number of rotatable bonds is 17. The molecule has 2 saturated carbocycles. The third-order valence-corrected chi connectivity index (χ3v) is 11.8. The van der Waals surface area contributed by atoms with Crippen molar-refractivity contribution in [3.8, 4) is 0 Å². The van der Waals surface area contributed by atoms with E-state index in [1.54, 1.807) is 6.92 Å². The molecule has 0 aromatic heterocycles. The van der Waals surface area contributed by atoms with Gasteiger partial charge >= 0.3 is 6.03 Å². The van der Waals surface area contributed by atoms with Gasteiger partial charge in [0.05, 0.1) is 12.1 Å². The molecule has 0 radical (unpaired) electrons. The Bertz CT molecular complexity index is 1200. The number of Topliss-reactive ketones (excluding diaryl/α,β-unsaturated/α-hetero) is 1. The molecular formula is C39H67N5O4. The molecule has 2 aliphatic carbocycles. The molecule has 0 aromatic rings. The lowest BCUT2D eigenvalue weighted by molar-refractivity contribution is -0.140. The van der Waals surface area contributed by atoms with Crippen molar-refractivity contribution in [3.63, 3.8) is 0 Å². The van der Waals surface area contributed by atoms with Gasteiger partial charge in [0.25, 0.3) is 5.91 Å². The lowest BCUT2D eigenvalue weighted by Crippen LogP contribution is -2.59. The molecular weight excluding hydrogens is 602 g/mol. The largest absolute Gasteiger partial charge is 0.361 e. The van der Waals surface area contributed by atoms with Gasteiger partial charge in [-0.2, -0.15) is 0 Å². The number of ketones is 1. The summed E-state index contributed by atoms with van der Waals surface area (Å²) in [4.78, 5) is 56.0. The van der Waals surface area contributed by atoms with Crippen LogP contribution in [0.15, 0.2) is 24.4 Å². The Kier molecular flexibility index (Phi) is 13.4. The van der Waals surface area contributed by atoms with Gasteiger partial charge in [0.15, 0.2) is 0 Å². The van der Waals surface area contributed by atoms with E-state index < -0.39 is 23.8 Å². The summed E-state index contributed by atoms with van der Waals surface area (Å²) >= 11 is 0. The van der Waals surface area contributed by atoms with Crippen LogP contribution in [0.2, 0.25) is 0 Å². The van der Waals surface area contributed by atoms with Gasteiger partial charge in [-0.1, -0.05) is 106 Å². The highest BCUT2D eigenvalue weighted by Crippen LogP contribution is 2.65. The molecule has 3 aliphatic rings. The monoisotopic (exact) mass is 670 g/mol. The van der Waals surface area contributed by atoms with Crippen LogP contribution in [-0.4, -0.2) is 65.8 Å². The average molecular weight is 670 g/mol. The summed E-state index contributed by atoms with van der Waals surface area (Å²) in [6.45, 7) is 28.8. The summed E-state index contributed by atoms with van der Waals surface area (Å²) in [6.07, 6.45) is 9.81. The number of carbonyl (C=O) groups excluding carboxylic acids is 4. The molecule has 1 aliphatic heterocycles. The maximum atomic E-state index is 14.3. The van der Waals surface area contributed by atoms with Gasteiger partial charge in [0.1, 0.15) is 6.04 Å². The zero-order valence-corrected chi connectivity index (χ0v) is 31.7. The number of unbranched alkanes of at least 4 members (excludes halogenated alkanes) is 1. The Hall–Kier alpha value is -2.84. The summed E-state index contributed by atoms with van der Waals surface area (Å²) in [5, 5.41) is 12.3. The highest BCUT2D eigenvalue weighted by molar-refractivity contribution is 6.38. The first-order valence-electron chi connectivity index (χ1n) is 18.7. The molecule has 4 N–H and O–H groups in total. The van der Waals surface area contributed by atoms with Crippen LogP contribution in [0.1, 0.15) is 133 Å². The van der Waals surface area contributed by atoms with Crippen LogP contribution in [0.25, 0.3) is 0 Å². The minimum atomic E-state index is -0.881. The highest BCUT2D eigenvalue weighted by atomic mass is 16.2. The molecule has 0 bridgehead atoms. The van der Waals surface area contributed by atoms with Crippen molar-refractivity contribution in [2.24, 2.45) is 28.1 Å². The van der Waals surface area contributed by atoms with Gasteiger partial charge in [0.2, 0.25) is 11.7 Å². The standard InChI is InChI=1S/C39H67N5O4/c1-12-15-19-28(32(45)35(47)40-14-3)41-34(46)31-30-27(38(30,9)10)24-44(31)26(5)33(39(11)22-17-16-18-23-39)43-36(48)42-29(37(6,7)8)21-20-25(4)13-2/h27-31,33H,4-5,12-24H2,1-3,6-11H3,(H,40,47)(H,41,46)(H2,42,43,48)/t27-,28?,29?,30-,31?,33?/m0/s1.